The summed E-state index contributed by atoms with van der Waals surface area (Å²) in [7, 11) is 1.66. The van der Waals surface area contributed by atoms with E-state index in [9.17, 15) is 0 Å². The van der Waals surface area contributed by atoms with Crippen molar-refractivity contribution in [2.45, 2.75) is 12.6 Å². The Kier molecular flexibility index (Phi) is 5.11. The van der Waals surface area contributed by atoms with E-state index in [1.165, 1.54) is 5.56 Å². The van der Waals surface area contributed by atoms with Crippen LogP contribution in [-0.2, 0) is 11.3 Å². The van der Waals surface area contributed by atoms with Gasteiger partial charge in [0.25, 0.3) is 6.02 Å². The molecule has 0 aromatic heterocycles. The molecule has 1 aliphatic rings. The smallest absolute Gasteiger partial charge is 0.282 e. The molecule has 0 spiro atoms. The second-order valence-electron chi connectivity index (χ2n) is 5.64. The van der Waals surface area contributed by atoms with Crippen LogP contribution in [0.25, 0.3) is 0 Å². The topological polar surface area (TPSA) is 60.1 Å². The van der Waals surface area contributed by atoms with Crippen LogP contribution >= 0.6 is 11.6 Å². The number of amidine groups is 1. The predicted molar refractivity (Wildman–Crippen MR) is 96.9 cm³/mol. The van der Waals surface area contributed by atoms with E-state index in [1.54, 1.807) is 7.11 Å². The third-order valence-corrected chi connectivity index (χ3v) is 4.11. The van der Waals surface area contributed by atoms with Crippen LogP contribution in [0.1, 0.15) is 5.56 Å². The number of ether oxygens (including phenoxy) is 2. The molecule has 0 saturated carbocycles. The maximum absolute atomic E-state index is 6.16. The lowest BCUT2D eigenvalue weighted by molar-refractivity contribution is 0.313. The van der Waals surface area contributed by atoms with Gasteiger partial charge < -0.3 is 20.1 Å². The maximum atomic E-state index is 6.16. The van der Waals surface area contributed by atoms with Gasteiger partial charge in [-0.15, -0.1) is 0 Å². The molecule has 1 unspecified atom stereocenters. The van der Waals surface area contributed by atoms with Gasteiger partial charge in [0.15, 0.2) is 0 Å². The highest BCUT2D eigenvalue weighted by molar-refractivity contribution is 6.30. The van der Waals surface area contributed by atoms with Gasteiger partial charge in [0.2, 0.25) is 0 Å². The Morgan fingerprint density at radius 1 is 1.29 bits per heavy atom. The number of anilines is 1. The maximum Gasteiger partial charge on any atom is 0.282 e. The van der Waals surface area contributed by atoms with Gasteiger partial charge in [-0.3, -0.25) is 0 Å². The number of hydrogen-bond acceptors (Lipinski definition) is 5. The number of hydrogen-bond donors (Lipinski definition) is 1. The molecule has 1 heterocycles. The number of aliphatic imine (C=N–C) groups is 1. The van der Waals surface area contributed by atoms with E-state index in [4.69, 9.17) is 26.8 Å². The Hall–Kier alpha value is -2.40. The summed E-state index contributed by atoms with van der Waals surface area (Å²) in [4.78, 5) is 6.55. The number of nitrogens with zero attached hydrogens (tertiary/aromatic N) is 2. The van der Waals surface area contributed by atoms with Crippen molar-refractivity contribution in [3.63, 3.8) is 0 Å². The van der Waals surface area contributed by atoms with Crippen molar-refractivity contribution in [3.05, 3.63) is 59.1 Å². The monoisotopic (exact) mass is 345 g/mol. The summed E-state index contributed by atoms with van der Waals surface area (Å²) in [5.41, 5.74) is 7.84. The summed E-state index contributed by atoms with van der Waals surface area (Å²) in [6.07, 6.45) is 0. The lowest BCUT2D eigenvalue weighted by Crippen LogP contribution is -2.32. The van der Waals surface area contributed by atoms with E-state index >= 15 is 0 Å². The average molecular weight is 346 g/mol. The first kappa shape index (κ1) is 16.5. The minimum Gasteiger partial charge on any atom is -0.497 e. The number of rotatable bonds is 6. The highest BCUT2D eigenvalue weighted by atomic mass is 35.5. The molecule has 0 radical (unpaired) electrons. The van der Waals surface area contributed by atoms with Crippen LogP contribution in [0.4, 0.5) is 5.69 Å². The van der Waals surface area contributed by atoms with Gasteiger partial charge >= 0.3 is 0 Å². The van der Waals surface area contributed by atoms with E-state index in [0.717, 1.165) is 18.0 Å². The Balaban J connectivity index is 1.80. The standard InChI is InChI=1S/C18H20ClN3O2/c1-23-17-7-5-13(6-8-17)10-22(11-15-12-24-18(20)21-15)16-4-2-3-14(19)9-16/h2-9,15H,10-12H2,1H3,(H2,20,21). The molecule has 1 atom stereocenters. The van der Waals surface area contributed by atoms with E-state index in [-0.39, 0.29) is 12.1 Å². The first-order chi connectivity index (χ1) is 11.6. The third kappa shape index (κ3) is 4.11. The second kappa shape index (κ2) is 7.45. The van der Waals surface area contributed by atoms with E-state index in [0.29, 0.717) is 18.2 Å². The fourth-order valence-corrected chi connectivity index (χ4v) is 2.85. The molecule has 0 aliphatic carbocycles. The van der Waals surface area contributed by atoms with Crippen LogP contribution in [0.5, 0.6) is 5.75 Å². The van der Waals surface area contributed by atoms with Crippen molar-refractivity contribution in [1.82, 2.24) is 0 Å². The lowest BCUT2D eigenvalue weighted by Gasteiger charge is -2.26. The van der Waals surface area contributed by atoms with E-state index < -0.39 is 0 Å². The van der Waals surface area contributed by atoms with Crippen LogP contribution in [-0.4, -0.2) is 32.3 Å². The van der Waals surface area contributed by atoms with Gasteiger partial charge in [-0.25, -0.2) is 4.99 Å². The number of halogens is 1. The normalized spacial score (nSPS) is 16.4. The molecule has 0 saturated heterocycles. The van der Waals surface area contributed by atoms with Crippen molar-refractivity contribution < 1.29 is 9.47 Å². The first-order valence-electron chi connectivity index (χ1n) is 7.73. The molecule has 6 heteroatoms. The Morgan fingerprint density at radius 3 is 2.71 bits per heavy atom. The van der Waals surface area contributed by atoms with Crippen molar-refractivity contribution in [1.29, 1.82) is 0 Å². The first-order valence-corrected chi connectivity index (χ1v) is 8.11. The minimum atomic E-state index is 0.0160. The number of nitrogens with two attached hydrogens (primary N) is 1. The van der Waals surface area contributed by atoms with Crippen LogP contribution in [0.3, 0.4) is 0 Å². The van der Waals surface area contributed by atoms with Crippen LogP contribution in [0.2, 0.25) is 5.02 Å². The van der Waals surface area contributed by atoms with Crippen molar-refractivity contribution in [2.24, 2.45) is 10.7 Å². The van der Waals surface area contributed by atoms with Crippen molar-refractivity contribution in [3.8, 4) is 5.75 Å². The molecule has 3 rings (SSSR count). The average Bonchev–Trinajstić information content (AvgIpc) is 3.00. The van der Waals surface area contributed by atoms with E-state index in [2.05, 4.69) is 22.0 Å². The lowest BCUT2D eigenvalue weighted by atomic mass is 10.1. The number of methoxy groups -OCH3 is 1. The molecular formula is C18H20ClN3O2. The Bertz CT molecular complexity index is 718. The molecule has 126 valence electrons. The number of benzene rings is 2. The quantitative estimate of drug-likeness (QED) is 0.874. The summed E-state index contributed by atoms with van der Waals surface area (Å²) < 4.78 is 10.5. The zero-order valence-corrected chi connectivity index (χ0v) is 14.2. The molecule has 2 N–H and O–H groups in total. The van der Waals surface area contributed by atoms with Gasteiger partial charge in [0.1, 0.15) is 18.4 Å². The SMILES string of the molecule is COc1ccc(CN(CC2COC(N)=N2)c2cccc(Cl)c2)cc1. The molecule has 2 aromatic carbocycles. The summed E-state index contributed by atoms with van der Waals surface area (Å²) in [6, 6.07) is 16.1. The molecule has 0 amide bonds. The van der Waals surface area contributed by atoms with Crippen LogP contribution in [0, 0.1) is 0 Å². The summed E-state index contributed by atoms with van der Waals surface area (Å²) in [6.45, 7) is 1.94. The summed E-state index contributed by atoms with van der Waals surface area (Å²) in [5.74, 6) is 0.842. The molecule has 2 aromatic rings. The summed E-state index contributed by atoms with van der Waals surface area (Å²) in [5, 5.41) is 0.706. The molecular weight excluding hydrogens is 326 g/mol. The molecule has 5 nitrogen and oxygen atoms in total. The van der Waals surface area contributed by atoms with Gasteiger partial charge in [-0.2, -0.15) is 0 Å². The largest absolute Gasteiger partial charge is 0.497 e. The minimum absolute atomic E-state index is 0.0160. The van der Waals surface area contributed by atoms with Crippen LogP contribution < -0.4 is 15.4 Å². The van der Waals surface area contributed by atoms with E-state index in [1.807, 2.05) is 36.4 Å². The zero-order chi connectivity index (χ0) is 16.9. The predicted octanol–water partition coefficient (Wildman–Crippen LogP) is 3.07. The highest BCUT2D eigenvalue weighted by Gasteiger charge is 2.21. The summed E-state index contributed by atoms with van der Waals surface area (Å²) >= 11 is 6.16. The molecule has 0 bridgehead atoms. The van der Waals surface area contributed by atoms with Crippen LogP contribution in [0.15, 0.2) is 53.5 Å². The fraction of sp³-hybridized carbons (Fsp3) is 0.278. The van der Waals surface area contributed by atoms with Crippen molar-refractivity contribution in [2.75, 3.05) is 25.2 Å². The molecule has 24 heavy (non-hydrogen) atoms. The van der Waals surface area contributed by atoms with Gasteiger partial charge in [0.05, 0.1) is 7.11 Å². The highest BCUT2D eigenvalue weighted by Crippen LogP contribution is 2.23. The van der Waals surface area contributed by atoms with Gasteiger partial charge in [-0.05, 0) is 35.9 Å². The van der Waals surface area contributed by atoms with Gasteiger partial charge in [-0.1, -0.05) is 29.8 Å². The third-order valence-electron chi connectivity index (χ3n) is 3.87. The molecule has 0 fully saturated rings. The molecule has 1 aliphatic heterocycles. The zero-order valence-electron chi connectivity index (χ0n) is 13.5. The second-order valence-corrected chi connectivity index (χ2v) is 6.08. The fourth-order valence-electron chi connectivity index (χ4n) is 2.67. The Morgan fingerprint density at radius 2 is 2.08 bits per heavy atom. The Labute approximate surface area is 146 Å². The van der Waals surface area contributed by atoms with Crippen molar-refractivity contribution >= 4 is 23.3 Å². The van der Waals surface area contributed by atoms with Gasteiger partial charge in [0, 0.05) is 23.8 Å².